The molecule has 2 N–H and O–H groups in total. The van der Waals surface area contributed by atoms with Crippen molar-refractivity contribution in [3.05, 3.63) is 0 Å². The van der Waals surface area contributed by atoms with E-state index in [1.807, 2.05) is 21.6 Å². The monoisotopic (exact) mass is 249 g/mol. The van der Waals surface area contributed by atoms with Crippen LogP contribution in [0.25, 0.3) is 0 Å². The fourth-order valence-corrected chi connectivity index (χ4v) is 4.24. The second-order valence-corrected chi connectivity index (χ2v) is 6.51. The Morgan fingerprint density at radius 2 is 2.13 bits per heavy atom. The van der Waals surface area contributed by atoms with Gasteiger partial charge in [0.15, 0.2) is 0 Å². The Balaban J connectivity index is 0.000000319. The second kappa shape index (κ2) is 8.30. The molecule has 2 aliphatic rings. The highest BCUT2D eigenvalue weighted by Gasteiger charge is 2.15. The Kier molecular flexibility index (Phi) is 7.30. The van der Waals surface area contributed by atoms with E-state index < -0.39 is 5.97 Å². The van der Waals surface area contributed by atoms with Gasteiger partial charge in [-0.1, -0.05) is 28.0 Å². The lowest BCUT2D eigenvalue weighted by atomic mass is 10.1. The van der Waals surface area contributed by atoms with Gasteiger partial charge in [0.1, 0.15) is 0 Å². The van der Waals surface area contributed by atoms with Crippen LogP contribution in [0, 0.1) is 0 Å². The number of carboxylic acids is 1. The van der Waals surface area contributed by atoms with Crippen LogP contribution in [0.1, 0.15) is 32.1 Å². The zero-order valence-corrected chi connectivity index (χ0v) is 10.5. The van der Waals surface area contributed by atoms with Crippen LogP contribution in [0.4, 0.5) is 0 Å². The molecule has 2 fully saturated rings. The summed E-state index contributed by atoms with van der Waals surface area (Å²) in [6.07, 6.45) is 4.76. The van der Waals surface area contributed by atoms with Crippen LogP contribution in [0.3, 0.4) is 0 Å². The Morgan fingerprint density at radius 1 is 1.40 bits per heavy atom. The van der Waals surface area contributed by atoms with E-state index in [-0.39, 0.29) is 0 Å². The molecule has 15 heavy (non-hydrogen) atoms. The maximum Gasteiger partial charge on any atom is 0.303 e. The predicted octanol–water partition coefficient (Wildman–Crippen LogP) is 2.37. The summed E-state index contributed by atoms with van der Waals surface area (Å²) in [7, 11) is 3.92. The molecule has 0 saturated carbocycles. The molecule has 2 heterocycles. The molecule has 0 spiro atoms. The van der Waals surface area contributed by atoms with Crippen molar-refractivity contribution in [2.24, 2.45) is 0 Å². The van der Waals surface area contributed by atoms with Crippen LogP contribution in [-0.4, -0.2) is 35.2 Å². The summed E-state index contributed by atoms with van der Waals surface area (Å²) in [6.45, 7) is 2.50. The van der Waals surface area contributed by atoms with E-state index in [1.54, 1.807) is 0 Å². The molecule has 0 aromatic rings. The van der Waals surface area contributed by atoms with E-state index in [1.165, 1.54) is 31.7 Å². The zero-order valence-electron chi connectivity index (χ0n) is 8.91. The van der Waals surface area contributed by atoms with Gasteiger partial charge in [-0.15, -0.1) is 0 Å². The Hall–Kier alpha value is 0.130. The number of carbonyl (C=O) groups is 1. The predicted molar refractivity (Wildman–Crippen MR) is 67.4 cm³/mol. The average Bonchev–Trinajstić information content (AvgIpc) is 3.00. The van der Waals surface area contributed by atoms with Gasteiger partial charge in [-0.2, -0.15) is 0 Å². The molecule has 0 radical (unpaired) electrons. The third-order valence-corrected chi connectivity index (χ3v) is 5.15. The molecule has 2 aliphatic heterocycles. The summed E-state index contributed by atoms with van der Waals surface area (Å²) in [5.74, 6) is 0.609. The first kappa shape index (κ1) is 13.2. The van der Waals surface area contributed by atoms with Crippen molar-refractivity contribution in [1.29, 1.82) is 0 Å². The summed E-state index contributed by atoms with van der Waals surface area (Å²) in [6, 6.07) is 0. The van der Waals surface area contributed by atoms with E-state index in [9.17, 15) is 4.79 Å². The fourth-order valence-electron chi connectivity index (χ4n) is 1.21. The van der Waals surface area contributed by atoms with Crippen LogP contribution in [0.2, 0.25) is 0 Å². The summed E-state index contributed by atoms with van der Waals surface area (Å²) >= 11 is 0. The molecule has 3 nitrogen and oxygen atoms in total. The highest BCUT2D eigenvalue weighted by Crippen LogP contribution is 2.39. The first-order valence-corrected chi connectivity index (χ1v) is 7.88. The lowest BCUT2D eigenvalue weighted by Gasteiger charge is -2.04. The molecule has 88 valence electrons. The van der Waals surface area contributed by atoms with E-state index in [0.29, 0.717) is 6.42 Å². The number of hydrogen-bond donors (Lipinski definition) is 2. The molecular formula is C10H19NO2S2. The van der Waals surface area contributed by atoms with Crippen LogP contribution < -0.4 is 5.32 Å². The molecule has 0 amide bonds. The van der Waals surface area contributed by atoms with Gasteiger partial charge in [-0.05, 0) is 19.3 Å². The number of hydrogen-bond acceptors (Lipinski definition) is 4. The highest BCUT2D eigenvalue weighted by atomic mass is 33.1. The normalized spacial score (nSPS) is 23.1. The molecule has 1 atom stereocenters. The first-order valence-electron chi connectivity index (χ1n) is 5.50. The van der Waals surface area contributed by atoms with E-state index in [4.69, 9.17) is 5.11 Å². The van der Waals surface area contributed by atoms with Crippen LogP contribution in [0.5, 0.6) is 0 Å². The number of unbranched alkanes of at least 4 members (excludes halogenated alkanes) is 1. The molecular weight excluding hydrogens is 230 g/mol. The summed E-state index contributed by atoms with van der Waals surface area (Å²) in [4.78, 5) is 10.2. The van der Waals surface area contributed by atoms with E-state index >= 15 is 0 Å². The zero-order chi connectivity index (χ0) is 10.9. The number of nitrogens with one attached hydrogen (secondary N) is 1. The summed E-state index contributed by atoms with van der Waals surface area (Å²) in [5.41, 5.74) is 0. The van der Waals surface area contributed by atoms with Gasteiger partial charge in [-0.3, -0.25) is 4.79 Å². The number of carboxylic acid groups (broad SMARTS) is 1. The largest absolute Gasteiger partial charge is 0.481 e. The van der Waals surface area contributed by atoms with Crippen molar-refractivity contribution in [3.63, 3.8) is 0 Å². The minimum absolute atomic E-state index is 0.338. The van der Waals surface area contributed by atoms with E-state index in [0.717, 1.165) is 18.1 Å². The van der Waals surface area contributed by atoms with Crippen molar-refractivity contribution < 1.29 is 9.90 Å². The third kappa shape index (κ3) is 9.08. The van der Waals surface area contributed by atoms with Crippen LogP contribution >= 0.6 is 21.6 Å². The molecule has 1 unspecified atom stereocenters. The van der Waals surface area contributed by atoms with Crippen molar-refractivity contribution in [1.82, 2.24) is 5.32 Å². The molecule has 0 aliphatic carbocycles. The quantitative estimate of drug-likeness (QED) is 0.445. The lowest BCUT2D eigenvalue weighted by molar-refractivity contribution is -0.137. The van der Waals surface area contributed by atoms with Gasteiger partial charge in [0.05, 0.1) is 0 Å². The Bertz CT molecular complexity index is 180. The SMILES string of the molecule is C1CN1.O=C(O)CCCCC1CCSS1. The van der Waals surface area contributed by atoms with E-state index in [2.05, 4.69) is 5.32 Å². The third-order valence-electron chi connectivity index (χ3n) is 2.14. The second-order valence-electron chi connectivity index (χ2n) is 3.72. The summed E-state index contributed by atoms with van der Waals surface area (Å²) < 4.78 is 0. The van der Waals surface area contributed by atoms with Crippen molar-refractivity contribution >= 4 is 27.6 Å². The number of rotatable bonds is 5. The fraction of sp³-hybridized carbons (Fsp3) is 0.900. The van der Waals surface area contributed by atoms with Gasteiger partial charge >= 0.3 is 5.97 Å². The van der Waals surface area contributed by atoms with Crippen molar-refractivity contribution in [3.8, 4) is 0 Å². The highest BCUT2D eigenvalue weighted by molar-refractivity contribution is 8.77. The van der Waals surface area contributed by atoms with Crippen molar-refractivity contribution in [2.75, 3.05) is 18.8 Å². The van der Waals surface area contributed by atoms with Gasteiger partial charge in [-0.25, -0.2) is 0 Å². The maximum absolute atomic E-state index is 10.2. The minimum atomic E-state index is -0.663. The van der Waals surface area contributed by atoms with Gasteiger partial charge in [0, 0.05) is 30.5 Å². The number of aliphatic carboxylic acids is 1. The smallest absolute Gasteiger partial charge is 0.303 e. The van der Waals surface area contributed by atoms with Crippen LogP contribution in [0.15, 0.2) is 0 Å². The van der Waals surface area contributed by atoms with Gasteiger partial charge in [0.2, 0.25) is 0 Å². The Labute approximate surface area is 99.2 Å². The minimum Gasteiger partial charge on any atom is -0.481 e. The Morgan fingerprint density at radius 3 is 2.60 bits per heavy atom. The first-order chi connectivity index (χ1) is 7.29. The van der Waals surface area contributed by atoms with Gasteiger partial charge in [0.25, 0.3) is 0 Å². The standard InChI is InChI=1S/C8H14O2S2.C2H5N/c9-8(10)4-2-1-3-7-5-6-11-12-7;1-2-3-1/h7H,1-6H2,(H,9,10);3H,1-2H2. The molecule has 2 saturated heterocycles. The average molecular weight is 249 g/mol. The summed E-state index contributed by atoms with van der Waals surface area (Å²) in [5, 5.41) is 12.2. The topological polar surface area (TPSA) is 59.2 Å². The maximum atomic E-state index is 10.2. The molecule has 5 heteroatoms. The van der Waals surface area contributed by atoms with Crippen LogP contribution in [-0.2, 0) is 4.79 Å². The molecule has 0 aromatic carbocycles. The van der Waals surface area contributed by atoms with Crippen molar-refractivity contribution in [2.45, 2.75) is 37.4 Å². The molecule has 0 aromatic heterocycles. The van der Waals surface area contributed by atoms with Gasteiger partial charge < -0.3 is 10.4 Å². The lowest BCUT2D eigenvalue weighted by Crippen LogP contribution is -1.99. The molecule has 2 rings (SSSR count). The molecule has 0 bridgehead atoms.